The molecule has 1 aromatic rings. The Labute approximate surface area is 188 Å². The molecule has 0 spiro atoms. The molecule has 1 saturated heterocycles. The molecule has 0 aliphatic carbocycles. The maximum Gasteiger partial charge on any atom is 0.339 e. The Bertz CT molecular complexity index is 910. The second-order valence-electron chi connectivity index (χ2n) is 6.99. The molecule has 12 heteroatoms. The van der Waals surface area contributed by atoms with Gasteiger partial charge in [0.2, 0.25) is 12.4 Å². The number of carbonyl (C=O) groups excluding carboxylic acids is 4. The van der Waals surface area contributed by atoms with Gasteiger partial charge < -0.3 is 33.5 Å². The van der Waals surface area contributed by atoms with E-state index in [1.807, 2.05) is 0 Å². The van der Waals surface area contributed by atoms with Gasteiger partial charge in [-0.05, 0) is 12.1 Å². The molecule has 0 radical (unpaired) electrons. The summed E-state index contributed by atoms with van der Waals surface area (Å²) in [5.41, 5.74) is -0.217. The van der Waals surface area contributed by atoms with E-state index in [2.05, 4.69) is 0 Å². The van der Waals surface area contributed by atoms with E-state index in [4.69, 9.17) is 28.4 Å². The zero-order valence-corrected chi connectivity index (χ0v) is 18.3. The van der Waals surface area contributed by atoms with Crippen LogP contribution in [0.5, 0.6) is 5.75 Å². The molecule has 1 N–H and O–H groups in total. The van der Waals surface area contributed by atoms with E-state index in [1.165, 1.54) is 24.3 Å². The minimum absolute atomic E-state index is 0.133. The SMILES string of the molecule is CC(=O)OC[C@@H]1O[C@@H](Oc2ccccc2C(=O)O)[C@@H](OC(C)=O)[C@@H](OC(C)=O)[C@H]1OC(C)=O. The minimum Gasteiger partial charge on any atom is -0.478 e. The first-order valence-electron chi connectivity index (χ1n) is 9.79. The van der Waals surface area contributed by atoms with Crippen molar-refractivity contribution in [3.63, 3.8) is 0 Å². The van der Waals surface area contributed by atoms with Gasteiger partial charge in [0, 0.05) is 27.7 Å². The molecule has 1 heterocycles. The van der Waals surface area contributed by atoms with Gasteiger partial charge in [-0.15, -0.1) is 0 Å². The predicted octanol–water partition coefficient (Wildman–Crippen LogP) is 0.847. The number of ether oxygens (including phenoxy) is 6. The summed E-state index contributed by atoms with van der Waals surface area (Å²) >= 11 is 0. The molecule has 0 saturated carbocycles. The van der Waals surface area contributed by atoms with Crippen LogP contribution in [0.4, 0.5) is 0 Å². The van der Waals surface area contributed by atoms with Crippen molar-refractivity contribution in [2.75, 3.05) is 6.61 Å². The van der Waals surface area contributed by atoms with Crippen LogP contribution in [0.15, 0.2) is 24.3 Å². The van der Waals surface area contributed by atoms with Gasteiger partial charge in [-0.2, -0.15) is 0 Å². The van der Waals surface area contributed by atoms with Crippen LogP contribution in [0.25, 0.3) is 0 Å². The molecule has 0 amide bonds. The summed E-state index contributed by atoms with van der Waals surface area (Å²) in [6.45, 7) is 3.98. The molecular weight excluding hydrogens is 444 g/mol. The Kier molecular flexibility index (Phi) is 8.74. The van der Waals surface area contributed by atoms with Crippen molar-refractivity contribution < 1.29 is 57.5 Å². The average molecular weight is 468 g/mol. The van der Waals surface area contributed by atoms with E-state index >= 15 is 0 Å². The van der Waals surface area contributed by atoms with Crippen LogP contribution in [0.1, 0.15) is 38.1 Å². The standard InChI is InChI=1S/C21H24O12/c1-10(22)28-9-16-17(29-11(2)23)18(30-12(3)24)19(31-13(4)25)21(33-16)32-15-8-6-5-7-14(15)20(26)27/h5-8,16-19,21H,9H2,1-4H3,(H,26,27)/t16-,17-,18-,19-,21+/m0/s1. The number of hydrogen-bond acceptors (Lipinski definition) is 11. The number of carboxylic acids is 1. The highest BCUT2D eigenvalue weighted by Crippen LogP contribution is 2.32. The van der Waals surface area contributed by atoms with E-state index in [-0.39, 0.29) is 11.3 Å². The molecule has 180 valence electrons. The monoisotopic (exact) mass is 468 g/mol. The largest absolute Gasteiger partial charge is 0.478 e. The van der Waals surface area contributed by atoms with Crippen LogP contribution in [-0.4, -0.2) is 72.3 Å². The lowest BCUT2D eigenvalue weighted by Crippen LogP contribution is -2.63. The van der Waals surface area contributed by atoms with Gasteiger partial charge >= 0.3 is 29.8 Å². The van der Waals surface area contributed by atoms with E-state index < -0.39 is 67.2 Å². The maximum atomic E-state index is 11.8. The van der Waals surface area contributed by atoms with Crippen LogP contribution in [-0.2, 0) is 42.9 Å². The smallest absolute Gasteiger partial charge is 0.339 e. The number of carbonyl (C=O) groups is 5. The predicted molar refractivity (Wildman–Crippen MR) is 106 cm³/mol. The summed E-state index contributed by atoms with van der Waals surface area (Å²) in [4.78, 5) is 58.2. The molecular formula is C21H24O12. The molecule has 1 aliphatic heterocycles. The number of esters is 4. The highest BCUT2D eigenvalue weighted by atomic mass is 16.7. The normalized spacial score (nSPS) is 24.2. The third-order valence-electron chi connectivity index (χ3n) is 4.31. The second-order valence-corrected chi connectivity index (χ2v) is 6.99. The van der Waals surface area contributed by atoms with Crippen molar-refractivity contribution in [1.29, 1.82) is 0 Å². The Hall–Kier alpha value is -3.67. The molecule has 5 atom stereocenters. The summed E-state index contributed by atoms with van der Waals surface area (Å²) < 4.78 is 32.3. The van der Waals surface area contributed by atoms with E-state index in [0.29, 0.717) is 0 Å². The summed E-state index contributed by atoms with van der Waals surface area (Å²) in [7, 11) is 0. The number of benzene rings is 1. The highest BCUT2D eigenvalue weighted by Gasteiger charge is 2.53. The first kappa shape index (κ1) is 25.6. The quantitative estimate of drug-likeness (QED) is 0.423. The third-order valence-corrected chi connectivity index (χ3v) is 4.31. The summed E-state index contributed by atoms with van der Waals surface area (Å²) in [5.74, 6) is -4.47. The fourth-order valence-electron chi connectivity index (χ4n) is 3.15. The lowest BCUT2D eigenvalue weighted by atomic mass is 9.98. The average Bonchev–Trinajstić information content (AvgIpc) is 2.70. The van der Waals surface area contributed by atoms with Crippen LogP contribution in [0.2, 0.25) is 0 Å². The number of aromatic carboxylic acids is 1. The summed E-state index contributed by atoms with van der Waals surface area (Å²) in [6.07, 6.45) is -6.97. The van der Waals surface area contributed by atoms with E-state index in [0.717, 1.165) is 27.7 Å². The molecule has 1 aromatic carbocycles. The highest BCUT2D eigenvalue weighted by molar-refractivity contribution is 5.90. The maximum absolute atomic E-state index is 11.8. The zero-order valence-electron chi connectivity index (χ0n) is 18.3. The molecule has 0 unspecified atom stereocenters. The molecule has 1 aliphatic rings. The fraction of sp³-hybridized carbons (Fsp3) is 0.476. The molecule has 33 heavy (non-hydrogen) atoms. The lowest BCUT2D eigenvalue weighted by molar-refractivity contribution is -0.288. The topological polar surface area (TPSA) is 161 Å². The summed E-state index contributed by atoms with van der Waals surface area (Å²) in [5, 5.41) is 9.43. The molecule has 0 bridgehead atoms. The first-order valence-corrected chi connectivity index (χ1v) is 9.79. The molecule has 0 aromatic heterocycles. The van der Waals surface area contributed by atoms with Gasteiger partial charge in [0.15, 0.2) is 12.2 Å². The number of carboxylic acid groups (broad SMARTS) is 1. The molecule has 1 fully saturated rings. The van der Waals surface area contributed by atoms with Crippen molar-refractivity contribution >= 4 is 29.8 Å². The minimum atomic E-state index is -1.52. The summed E-state index contributed by atoms with van der Waals surface area (Å²) in [6, 6.07) is 5.61. The van der Waals surface area contributed by atoms with Crippen LogP contribution in [0, 0.1) is 0 Å². The number of hydrogen-bond donors (Lipinski definition) is 1. The third kappa shape index (κ3) is 7.17. The first-order chi connectivity index (χ1) is 15.5. The van der Waals surface area contributed by atoms with E-state index in [9.17, 15) is 29.1 Å². The molecule has 12 nitrogen and oxygen atoms in total. The van der Waals surface area contributed by atoms with Crippen LogP contribution in [0.3, 0.4) is 0 Å². The van der Waals surface area contributed by atoms with Gasteiger partial charge in [0.1, 0.15) is 24.0 Å². The fourth-order valence-corrected chi connectivity index (χ4v) is 3.15. The van der Waals surface area contributed by atoms with Crippen molar-refractivity contribution in [2.45, 2.75) is 58.4 Å². The van der Waals surface area contributed by atoms with Crippen molar-refractivity contribution in [2.24, 2.45) is 0 Å². The van der Waals surface area contributed by atoms with Crippen LogP contribution < -0.4 is 4.74 Å². The van der Waals surface area contributed by atoms with E-state index in [1.54, 1.807) is 0 Å². The zero-order chi connectivity index (χ0) is 24.7. The van der Waals surface area contributed by atoms with Crippen LogP contribution >= 0.6 is 0 Å². The second kappa shape index (κ2) is 11.3. The molecule has 2 rings (SSSR count). The van der Waals surface area contributed by atoms with Crippen molar-refractivity contribution in [3.8, 4) is 5.75 Å². The number of rotatable bonds is 8. The van der Waals surface area contributed by atoms with Gasteiger partial charge in [-0.3, -0.25) is 19.2 Å². The number of para-hydroxylation sites is 1. The Morgan fingerprint density at radius 3 is 1.91 bits per heavy atom. The Morgan fingerprint density at radius 2 is 1.36 bits per heavy atom. The van der Waals surface area contributed by atoms with Gasteiger partial charge in [-0.25, -0.2) is 4.79 Å². The Morgan fingerprint density at radius 1 is 0.818 bits per heavy atom. The van der Waals surface area contributed by atoms with Gasteiger partial charge in [0.25, 0.3) is 0 Å². The van der Waals surface area contributed by atoms with Gasteiger partial charge in [-0.1, -0.05) is 12.1 Å². The lowest BCUT2D eigenvalue weighted by Gasteiger charge is -2.44. The van der Waals surface area contributed by atoms with Crippen molar-refractivity contribution in [3.05, 3.63) is 29.8 Å². The Balaban J connectivity index is 2.51. The van der Waals surface area contributed by atoms with Crippen molar-refractivity contribution in [1.82, 2.24) is 0 Å². The van der Waals surface area contributed by atoms with Gasteiger partial charge in [0.05, 0.1) is 0 Å².